The molecule has 260 valence electrons. The summed E-state index contributed by atoms with van der Waals surface area (Å²) < 4.78 is 80.8. The van der Waals surface area contributed by atoms with E-state index in [1.807, 2.05) is 0 Å². The third-order valence-electron chi connectivity index (χ3n) is 7.71. The second kappa shape index (κ2) is 14.3. The molecule has 0 aliphatic carbocycles. The molecule has 2 heterocycles. The van der Waals surface area contributed by atoms with E-state index in [0.29, 0.717) is 12.3 Å². The highest BCUT2D eigenvalue weighted by Gasteiger charge is 2.37. The van der Waals surface area contributed by atoms with Gasteiger partial charge in [-0.1, -0.05) is 41.9 Å². The summed E-state index contributed by atoms with van der Waals surface area (Å²) in [6, 6.07) is 14.0. The number of methoxy groups -OCH3 is 1. The number of aromatic nitrogens is 2. The second-order valence-electron chi connectivity index (χ2n) is 11.0. The van der Waals surface area contributed by atoms with Gasteiger partial charge < -0.3 is 25.6 Å². The van der Waals surface area contributed by atoms with Crippen LogP contribution in [-0.4, -0.2) is 47.2 Å². The van der Waals surface area contributed by atoms with Crippen molar-refractivity contribution in [2.45, 2.75) is 25.1 Å². The van der Waals surface area contributed by atoms with Crippen LogP contribution in [0.5, 0.6) is 11.5 Å². The Bertz CT molecular complexity index is 2100. The Balaban J connectivity index is 1.65. The fourth-order valence-corrected chi connectivity index (χ4v) is 5.50. The van der Waals surface area contributed by atoms with Crippen molar-refractivity contribution in [1.29, 1.82) is 0 Å². The summed E-state index contributed by atoms with van der Waals surface area (Å²) in [6.45, 7) is 1.06. The summed E-state index contributed by atoms with van der Waals surface area (Å²) in [5.41, 5.74) is 1.78. The summed E-state index contributed by atoms with van der Waals surface area (Å²) in [5, 5.41) is 14.5. The van der Waals surface area contributed by atoms with Crippen LogP contribution in [0.1, 0.15) is 39.7 Å². The number of rotatable bonds is 11. The Labute approximate surface area is 286 Å². The second-order valence-corrected chi connectivity index (χ2v) is 11.5. The Morgan fingerprint density at radius 3 is 2.36 bits per heavy atom. The molecule has 4 N–H and O–H groups in total. The first-order chi connectivity index (χ1) is 23.7. The van der Waals surface area contributed by atoms with Crippen LogP contribution < -0.4 is 20.5 Å². The zero-order valence-corrected chi connectivity index (χ0v) is 27.1. The van der Waals surface area contributed by atoms with E-state index < -0.39 is 58.8 Å². The van der Waals surface area contributed by atoms with Crippen molar-refractivity contribution < 1.29 is 46.1 Å². The molecular formula is C35H28ClF5N4O5. The highest BCUT2D eigenvalue weighted by molar-refractivity contribution is 6.31. The number of hydrogen-bond acceptors (Lipinski definition) is 7. The van der Waals surface area contributed by atoms with Gasteiger partial charge in [0, 0.05) is 34.3 Å². The Morgan fingerprint density at radius 1 is 1.00 bits per heavy atom. The molecule has 0 aliphatic heterocycles. The van der Waals surface area contributed by atoms with Gasteiger partial charge in [0.05, 0.1) is 43.0 Å². The lowest BCUT2D eigenvalue weighted by Crippen LogP contribution is -2.42. The quantitative estimate of drug-likeness (QED) is 0.107. The van der Waals surface area contributed by atoms with E-state index in [2.05, 4.69) is 15.3 Å². The molecule has 0 radical (unpaired) electrons. The van der Waals surface area contributed by atoms with Crippen LogP contribution >= 0.6 is 11.6 Å². The molecule has 5 aromatic rings. The number of pyridine rings is 2. The Hall–Kier alpha value is -5.34. The first kappa shape index (κ1) is 36.0. The maximum absolute atomic E-state index is 15.3. The van der Waals surface area contributed by atoms with Crippen molar-refractivity contribution in [2.24, 2.45) is 5.73 Å². The molecule has 2 amide bonds. The number of hydrogen-bond donors (Lipinski definition) is 3. The van der Waals surface area contributed by atoms with E-state index in [9.17, 15) is 32.3 Å². The summed E-state index contributed by atoms with van der Waals surface area (Å²) in [5.74, 6) is -3.81. The summed E-state index contributed by atoms with van der Waals surface area (Å²) in [6.07, 6.45) is -4.49. The summed E-state index contributed by atoms with van der Waals surface area (Å²) in [4.78, 5) is 34.1. The van der Waals surface area contributed by atoms with E-state index in [0.717, 1.165) is 12.1 Å². The standard InChI is InChI=1S/C35H28ClF5N4O5/c1-3-50-32-19(13-29(42)46)12-28(45-31(32)23-14-24(36)26(38)15-25(23)37)34(48,21-7-5-4-6-8-21)17-44-33(47)20-9-18-10-22(35(39,40)41)16-43-30(18)27(11-20)49-2/h4-12,14-16,48H,3,13,17H2,1-2H3,(H2,42,46)(H,44,47)/t34-/m1/s1. The number of nitrogens with zero attached hydrogens (tertiary/aromatic N) is 2. The number of ether oxygens (including phenoxy) is 2. The molecule has 5 rings (SSSR count). The van der Waals surface area contributed by atoms with Crippen molar-refractivity contribution in [2.75, 3.05) is 20.3 Å². The average Bonchev–Trinajstić information content (AvgIpc) is 3.08. The number of fused-ring (bicyclic) bond motifs is 1. The van der Waals surface area contributed by atoms with Crippen LogP contribution in [0.3, 0.4) is 0 Å². The van der Waals surface area contributed by atoms with Gasteiger partial charge in [-0.3, -0.25) is 14.6 Å². The SMILES string of the molecule is CCOc1c(CC(N)=O)cc([C@@](O)(CNC(=O)c2cc(OC)c3ncc(C(F)(F)F)cc3c2)c2ccccc2)nc1-c1cc(Cl)c(F)cc1F. The minimum Gasteiger partial charge on any atom is -0.494 e. The monoisotopic (exact) mass is 714 g/mol. The highest BCUT2D eigenvalue weighted by atomic mass is 35.5. The molecule has 1 atom stereocenters. The van der Waals surface area contributed by atoms with Gasteiger partial charge in [0.15, 0.2) is 0 Å². The van der Waals surface area contributed by atoms with Crippen molar-refractivity contribution in [3.05, 3.63) is 118 Å². The van der Waals surface area contributed by atoms with E-state index in [4.69, 9.17) is 26.8 Å². The molecule has 9 nitrogen and oxygen atoms in total. The van der Waals surface area contributed by atoms with Crippen LogP contribution in [0.2, 0.25) is 5.02 Å². The summed E-state index contributed by atoms with van der Waals surface area (Å²) >= 11 is 6.00. The zero-order valence-electron chi connectivity index (χ0n) is 26.4. The molecule has 0 spiro atoms. The average molecular weight is 715 g/mol. The topological polar surface area (TPSA) is 137 Å². The molecule has 0 unspecified atom stereocenters. The number of aliphatic hydroxyl groups is 1. The fraction of sp³-hybridized carbons (Fsp3) is 0.200. The number of carbonyl (C=O) groups is 2. The maximum Gasteiger partial charge on any atom is 0.417 e. The van der Waals surface area contributed by atoms with Gasteiger partial charge in [-0.05, 0) is 42.8 Å². The molecule has 0 bridgehead atoms. The molecule has 0 saturated heterocycles. The third-order valence-corrected chi connectivity index (χ3v) is 8.00. The van der Waals surface area contributed by atoms with Gasteiger partial charge in [-0.15, -0.1) is 0 Å². The maximum atomic E-state index is 15.3. The van der Waals surface area contributed by atoms with E-state index in [1.165, 1.54) is 37.4 Å². The molecule has 0 fully saturated rings. The van der Waals surface area contributed by atoms with Crippen molar-refractivity contribution in [3.8, 4) is 22.8 Å². The molecule has 50 heavy (non-hydrogen) atoms. The molecule has 0 aliphatic rings. The number of halogens is 6. The first-order valence-corrected chi connectivity index (χ1v) is 15.3. The normalized spacial score (nSPS) is 12.7. The van der Waals surface area contributed by atoms with Crippen LogP contribution in [0.4, 0.5) is 22.0 Å². The predicted octanol–water partition coefficient (Wildman–Crippen LogP) is 6.35. The lowest BCUT2D eigenvalue weighted by Gasteiger charge is -2.30. The van der Waals surface area contributed by atoms with Crippen LogP contribution in [-0.2, 0) is 23.0 Å². The van der Waals surface area contributed by atoms with Crippen molar-refractivity contribution in [3.63, 3.8) is 0 Å². The van der Waals surface area contributed by atoms with E-state index in [-0.39, 0.29) is 62.7 Å². The number of primary amides is 1. The molecule has 3 aromatic carbocycles. The number of alkyl halides is 3. The first-order valence-electron chi connectivity index (χ1n) is 14.9. The largest absolute Gasteiger partial charge is 0.494 e. The lowest BCUT2D eigenvalue weighted by molar-refractivity contribution is -0.137. The zero-order chi connectivity index (χ0) is 36.4. The minimum absolute atomic E-state index is 0.0218. The van der Waals surface area contributed by atoms with Gasteiger partial charge in [0.25, 0.3) is 5.91 Å². The van der Waals surface area contributed by atoms with Crippen LogP contribution in [0, 0.1) is 11.6 Å². The molecule has 15 heteroatoms. The van der Waals surface area contributed by atoms with Gasteiger partial charge in [-0.2, -0.15) is 13.2 Å². The van der Waals surface area contributed by atoms with E-state index in [1.54, 1.807) is 25.1 Å². The van der Waals surface area contributed by atoms with Crippen LogP contribution in [0.15, 0.2) is 72.9 Å². The number of carbonyl (C=O) groups excluding carboxylic acids is 2. The molecule has 2 aromatic heterocycles. The smallest absolute Gasteiger partial charge is 0.417 e. The van der Waals surface area contributed by atoms with Gasteiger partial charge in [0.1, 0.15) is 39.9 Å². The molecule has 0 saturated carbocycles. The number of amides is 2. The molecular weight excluding hydrogens is 687 g/mol. The predicted molar refractivity (Wildman–Crippen MR) is 174 cm³/mol. The number of nitrogens with one attached hydrogen (secondary N) is 1. The lowest BCUT2D eigenvalue weighted by atomic mass is 9.87. The minimum atomic E-state index is -4.70. The van der Waals surface area contributed by atoms with E-state index >= 15 is 4.39 Å². The third kappa shape index (κ3) is 7.31. The van der Waals surface area contributed by atoms with Gasteiger partial charge in [0.2, 0.25) is 5.91 Å². The summed E-state index contributed by atoms with van der Waals surface area (Å²) in [7, 11) is 1.26. The Kier molecular flexibility index (Phi) is 10.2. The number of benzene rings is 3. The fourth-order valence-electron chi connectivity index (χ4n) is 5.33. The highest BCUT2D eigenvalue weighted by Crippen LogP contribution is 2.40. The van der Waals surface area contributed by atoms with Crippen LogP contribution in [0.25, 0.3) is 22.2 Å². The Morgan fingerprint density at radius 2 is 1.72 bits per heavy atom. The van der Waals surface area contributed by atoms with Crippen molar-refractivity contribution >= 4 is 34.3 Å². The van der Waals surface area contributed by atoms with Crippen molar-refractivity contribution in [1.82, 2.24) is 15.3 Å². The van der Waals surface area contributed by atoms with Gasteiger partial charge in [-0.25, -0.2) is 13.8 Å². The van der Waals surface area contributed by atoms with Gasteiger partial charge >= 0.3 is 6.18 Å². The number of nitrogens with two attached hydrogens (primary N) is 1.